The summed E-state index contributed by atoms with van der Waals surface area (Å²) in [6.45, 7) is 0.442. The number of thioether (sulfide) groups is 1. The molecule has 0 aliphatic carbocycles. The average molecular weight is 370 g/mol. The maximum atomic E-state index is 10.8. The summed E-state index contributed by atoms with van der Waals surface area (Å²) in [5, 5.41) is 17.8. The molecule has 0 aliphatic heterocycles. The van der Waals surface area contributed by atoms with Gasteiger partial charge in [0.15, 0.2) is 5.82 Å². The van der Waals surface area contributed by atoms with E-state index in [2.05, 4.69) is 10.2 Å². The van der Waals surface area contributed by atoms with Gasteiger partial charge in [0.1, 0.15) is 5.75 Å². The molecule has 134 valence electrons. The number of aromatic nitrogens is 3. The van der Waals surface area contributed by atoms with Gasteiger partial charge in [0.05, 0.1) is 12.2 Å². The highest BCUT2D eigenvalue weighted by Crippen LogP contribution is 2.17. The van der Waals surface area contributed by atoms with E-state index >= 15 is 0 Å². The smallest absolute Gasteiger partial charge is 0.335 e. The average Bonchev–Trinajstić information content (AvgIpc) is 3.00. The molecule has 8 heteroatoms. The predicted molar refractivity (Wildman–Crippen MR) is 99.0 cm³/mol. The zero-order valence-corrected chi connectivity index (χ0v) is 14.7. The maximum absolute atomic E-state index is 10.8. The number of nitrogen functional groups attached to an aromatic ring is 1. The molecule has 0 amide bonds. The number of nitrogens with zero attached hydrogens (tertiary/aromatic N) is 3. The molecule has 0 spiro atoms. The standard InChI is InChI=1S/C18H18N4O3S/c19-22-16(12-13-4-2-1-3-5-13)20-21-18(22)26-11-10-25-15-8-6-14(7-9-15)17(23)24/h1-9H,10-12,19H2,(H,23,24). The second-order valence-electron chi connectivity index (χ2n) is 5.46. The number of aromatic carboxylic acids is 1. The lowest BCUT2D eigenvalue weighted by atomic mass is 10.1. The van der Waals surface area contributed by atoms with E-state index in [1.54, 1.807) is 12.1 Å². The van der Waals surface area contributed by atoms with Crippen LogP contribution in [0, 0.1) is 0 Å². The third-order valence-corrected chi connectivity index (χ3v) is 4.53. The Bertz CT molecular complexity index is 866. The van der Waals surface area contributed by atoms with E-state index in [-0.39, 0.29) is 5.56 Å². The van der Waals surface area contributed by atoms with Crippen LogP contribution in [0.4, 0.5) is 0 Å². The van der Waals surface area contributed by atoms with Gasteiger partial charge in [0.2, 0.25) is 5.16 Å². The zero-order valence-electron chi connectivity index (χ0n) is 13.9. The van der Waals surface area contributed by atoms with Gasteiger partial charge in [-0.15, -0.1) is 10.2 Å². The minimum absolute atomic E-state index is 0.230. The number of rotatable bonds is 8. The molecular formula is C18H18N4O3S. The molecule has 1 aromatic heterocycles. The molecule has 0 unspecified atom stereocenters. The highest BCUT2D eigenvalue weighted by atomic mass is 32.2. The predicted octanol–water partition coefficient (Wildman–Crippen LogP) is 2.45. The number of nitrogens with two attached hydrogens (primary N) is 1. The largest absolute Gasteiger partial charge is 0.493 e. The van der Waals surface area contributed by atoms with Gasteiger partial charge in [-0.3, -0.25) is 0 Å². The molecule has 3 aromatic rings. The third kappa shape index (κ3) is 4.54. The molecule has 26 heavy (non-hydrogen) atoms. The van der Waals surface area contributed by atoms with Gasteiger partial charge in [-0.25, -0.2) is 9.47 Å². The molecule has 0 fully saturated rings. The quantitative estimate of drug-likeness (QED) is 0.357. The van der Waals surface area contributed by atoms with Gasteiger partial charge < -0.3 is 15.7 Å². The van der Waals surface area contributed by atoms with Crippen LogP contribution in [0.25, 0.3) is 0 Å². The summed E-state index contributed by atoms with van der Waals surface area (Å²) in [6.07, 6.45) is 0.622. The van der Waals surface area contributed by atoms with Gasteiger partial charge in [0, 0.05) is 12.2 Å². The first-order valence-corrected chi connectivity index (χ1v) is 8.94. The Balaban J connectivity index is 1.48. The molecular weight excluding hydrogens is 352 g/mol. The lowest BCUT2D eigenvalue weighted by Gasteiger charge is -2.06. The zero-order chi connectivity index (χ0) is 18.4. The summed E-state index contributed by atoms with van der Waals surface area (Å²) in [5.41, 5.74) is 1.35. The summed E-state index contributed by atoms with van der Waals surface area (Å²) >= 11 is 1.45. The van der Waals surface area contributed by atoms with Gasteiger partial charge in [-0.1, -0.05) is 42.1 Å². The third-order valence-electron chi connectivity index (χ3n) is 3.62. The van der Waals surface area contributed by atoms with E-state index in [4.69, 9.17) is 15.7 Å². The van der Waals surface area contributed by atoms with E-state index in [0.29, 0.717) is 35.5 Å². The fourth-order valence-electron chi connectivity index (χ4n) is 2.29. The van der Waals surface area contributed by atoms with E-state index in [9.17, 15) is 4.79 Å². The van der Waals surface area contributed by atoms with Crippen LogP contribution in [-0.2, 0) is 6.42 Å². The van der Waals surface area contributed by atoms with Crippen molar-refractivity contribution >= 4 is 17.7 Å². The SMILES string of the molecule is Nn1c(Cc2ccccc2)nnc1SCCOc1ccc(C(=O)O)cc1. The Kier molecular flexibility index (Phi) is 5.75. The number of carboxylic acid groups (broad SMARTS) is 1. The van der Waals surface area contributed by atoms with Crippen molar-refractivity contribution in [2.75, 3.05) is 18.2 Å². The second-order valence-corrected chi connectivity index (χ2v) is 6.52. The topological polar surface area (TPSA) is 103 Å². The summed E-state index contributed by atoms with van der Waals surface area (Å²) in [6, 6.07) is 16.2. The van der Waals surface area contributed by atoms with E-state index in [1.807, 2.05) is 30.3 Å². The van der Waals surface area contributed by atoms with Crippen molar-refractivity contribution in [3.8, 4) is 5.75 Å². The first-order chi connectivity index (χ1) is 12.6. The molecule has 0 atom stereocenters. The van der Waals surface area contributed by atoms with Gasteiger partial charge in [-0.2, -0.15) is 0 Å². The Labute approximate surface area is 154 Å². The Morgan fingerprint density at radius 2 is 1.85 bits per heavy atom. The summed E-state index contributed by atoms with van der Waals surface area (Å²) in [5.74, 6) is 7.06. The molecule has 0 saturated heterocycles. The normalized spacial score (nSPS) is 10.6. The van der Waals surface area contributed by atoms with Crippen LogP contribution in [0.15, 0.2) is 59.8 Å². The number of carbonyl (C=O) groups is 1. The molecule has 7 nitrogen and oxygen atoms in total. The van der Waals surface area contributed by atoms with Gasteiger partial charge in [-0.05, 0) is 29.8 Å². The van der Waals surface area contributed by atoms with Crippen molar-refractivity contribution in [1.82, 2.24) is 14.9 Å². The Morgan fingerprint density at radius 1 is 1.12 bits per heavy atom. The molecule has 0 bridgehead atoms. The van der Waals surface area contributed by atoms with Crippen molar-refractivity contribution in [1.29, 1.82) is 0 Å². The summed E-state index contributed by atoms with van der Waals surface area (Å²) < 4.78 is 7.09. The van der Waals surface area contributed by atoms with Crippen LogP contribution in [0.5, 0.6) is 5.75 Å². The number of hydrogen-bond donors (Lipinski definition) is 2. The van der Waals surface area contributed by atoms with Crippen molar-refractivity contribution in [3.63, 3.8) is 0 Å². The minimum Gasteiger partial charge on any atom is -0.493 e. The van der Waals surface area contributed by atoms with Crippen LogP contribution >= 0.6 is 11.8 Å². The summed E-state index contributed by atoms with van der Waals surface area (Å²) in [7, 11) is 0. The van der Waals surface area contributed by atoms with Crippen molar-refractivity contribution < 1.29 is 14.6 Å². The van der Waals surface area contributed by atoms with Gasteiger partial charge in [0.25, 0.3) is 0 Å². The van der Waals surface area contributed by atoms with Gasteiger partial charge >= 0.3 is 5.97 Å². The molecule has 1 heterocycles. The van der Waals surface area contributed by atoms with Crippen LogP contribution < -0.4 is 10.6 Å². The van der Waals surface area contributed by atoms with E-state index < -0.39 is 5.97 Å². The first kappa shape index (κ1) is 17.8. The highest BCUT2D eigenvalue weighted by molar-refractivity contribution is 7.99. The molecule has 3 N–H and O–H groups in total. The van der Waals surface area contributed by atoms with Crippen molar-refractivity contribution in [2.45, 2.75) is 11.6 Å². The molecule has 2 aromatic carbocycles. The lowest BCUT2D eigenvalue weighted by molar-refractivity contribution is 0.0697. The number of hydrogen-bond acceptors (Lipinski definition) is 6. The van der Waals surface area contributed by atoms with Crippen LogP contribution in [0.1, 0.15) is 21.7 Å². The number of benzene rings is 2. The van der Waals surface area contributed by atoms with Crippen molar-refractivity contribution in [2.24, 2.45) is 0 Å². The second kappa shape index (κ2) is 8.39. The fourth-order valence-corrected chi connectivity index (χ4v) is 2.98. The molecule has 3 rings (SSSR count). The molecule has 0 radical (unpaired) electrons. The van der Waals surface area contributed by atoms with E-state index in [0.717, 1.165) is 5.56 Å². The molecule has 0 aliphatic rings. The Hall–Kier alpha value is -3.00. The van der Waals surface area contributed by atoms with Crippen LogP contribution in [0.2, 0.25) is 0 Å². The highest BCUT2D eigenvalue weighted by Gasteiger charge is 2.10. The van der Waals surface area contributed by atoms with Crippen molar-refractivity contribution in [3.05, 3.63) is 71.5 Å². The number of ether oxygens (including phenoxy) is 1. The monoisotopic (exact) mass is 370 g/mol. The van der Waals surface area contributed by atoms with E-state index in [1.165, 1.54) is 28.6 Å². The minimum atomic E-state index is -0.958. The maximum Gasteiger partial charge on any atom is 0.335 e. The summed E-state index contributed by atoms with van der Waals surface area (Å²) in [4.78, 5) is 10.8. The number of carboxylic acids is 1. The van der Waals surface area contributed by atoms with Crippen LogP contribution in [0.3, 0.4) is 0 Å². The first-order valence-electron chi connectivity index (χ1n) is 7.96. The molecule has 0 saturated carbocycles. The van der Waals surface area contributed by atoms with Crippen LogP contribution in [-0.4, -0.2) is 38.3 Å². The lowest BCUT2D eigenvalue weighted by Crippen LogP contribution is -2.15. The Morgan fingerprint density at radius 3 is 2.54 bits per heavy atom. The fraction of sp³-hybridized carbons (Fsp3) is 0.167.